The Balaban J connectivity index is 2.51. The van der Waals surface area contributed by atoms with Crippen LogP contribution in [0.1, 0.15) is 6.42 Å². The van der Waals surface area contributed by atoms with Gasteiger partial charge in [-0.1, -0.05) is 0 Å². The highest BCUT2D eigenvalue weighted by Gasteiger charge is 2.43. The molecule has 0 amide bonds. The topological polar surface area (TPSA) is 37.3 Å². The van der Waals surface area contributed by atoms with E-state index in [0.717, 1.165) is 11.8 Å². The molecule has 0 spiro atoms. The normalized spacial score (nSPS) is 30.4. The van der Waals surface area contributed by atoms with Crippen molar-refractivity contribution in [2.24, 2.45) is 0 Å². The second-order valence-electron chi connectivity index (χ2n) is 2.20. The van der Waals surface area contributed by atoms with Crippen molar-refractivity contribution in [1.29, 1.82) is 0 Å². The highest BCUT2D eigenvalue weighted by molar-refractivity contribution is 8.00. The summed E-state index contributed by atoms with van der Waals surface area (Å²) in [5, 5.41) is 7.38. The maximum atomic E-state index is 12.3. The van der Waals surface area contributed by atoms with Gasteiger partial charge in [0, 0.05) is 6.42 Å². The first-order chi connectivity index (χ1) is 4.51. The Labute approximate surface area is 60.6 Å². The molecule has 2 nitrogen and oxygen atoms in total. The molecule has 0 aromatic carbocycles. The van der Waals surface area contributed by atoms with Crippen molar-refractivity contribution in [3.63, 3.8) is 0 Å². The number of carbonyl (C=O) groups is 1. The molecule has 0 aliphatic carbocycles. The maximum Gasteiger partial charge on any atom is 0.316 e. The van der Waals surface area contributed by atoms with Crippen LogP contribution in [0.3, 0.4) is 0 Å². The maximum absolute atomic E-state index is 12.3. The molecule has 1 heterocycles. The summed E-state index contributed by atoms with van der Waals surface area (Å²) in [7, 11) is 0. The zero-order valence-electron chi connectivity index (χ0n) is 5.01. The van der Waals surface area contributed by atoms with E-state index in [1.54, 1.807) is 0 Å². The standard InChI is InChI=1S/C5H6F2O2S/c6-5(7)1-3(4(8)9)10-2-5/h3H,1-2H2,(H,8,9). The summed E-state index contributed by atoms with van der Waals surface area (Å²) in [5.41, 5.74) is 0. The molecule has 5 heteroatoms. The van der Waals surface area contributed by atoms with E-state index >= 15 is 0 Å². The van der Waals surface area contributed by atoms with Gasteiger partial charge < -0.3 is 5.11 Å². The number of halogens is 2. The fourth-order valence-corrected chi connectivity index (χ4v) is 1.84. The van der Waals surface area contributed by atoms with Crippen LogP contribution < -0.4 is 0 Å². The molecule has 58 valence electrons. The molecule has 0 aromatic heterocycles. The number of hydrogen-bond donors (Lipinski definition) is 1. The summed E-state index contributed by atoms with van der Waals surface area (Å²) in [4.78, 5) is 10.1. The lowest BCUT2D eigenvalue weighted by Gasteiger charge is -2.04. The van der Waals surface area contributed by atoms with Crippen LogP contribution in [-0.2, 0) is 4.79 Å². The van der Waals surface area contributed by atoms with Crippen LogP contribution >= 0.6 is 11.8 Å². The SMILES string of the molecule is O=C(O)C1CC(F)(F)CS1. The smallest absolute Gasteiger partial charge is 0.316 e. The Bertz CT molecular complexity index is 160. The molecule has 10 heavy (non-hydrogen) atoms. The molecule has 0 aromatic rings. The van der Waals surface area contributed by atoms with E-state index in [9.17, 15) is 13.6 Å². The average Bonchev–Trinajstić information content (AvgIpc) is 2.10. The summed E-state index contributed by atoms with van der Waals surface area (Å²) in [6, 6.07) is 0. The number of alkyl halides is 2. The lowest BCUT2D eigenvalue weighted by atomic mass is 10.2. The zero-order valence-corrected chi connectivity index (χ0v) is 5.83. The predicted molar refractivity (Wildman–Crippen MR) is 33.4 cm³/mol. The summed E-state index contributed by atoms with van der Waals surface area (Å²) in [6.45, 7) is 0. The minimum absolute atomic E-state index is 0.357. The fourth-order valence-electron chi connectivity index (χ4n) is 0.770. The number of thioether (sulfide) groups is 1. The Hall–Kier alpha value is -0.320. The van der Waals surface area contributed by atoms with Gasteiger partial charge in [0.1, 0.15) is 5.25 Å². The molecule has 1 aliphatic rings. The third-order valence-electron chi connectivity index (χ3n) is 1.26. The molecule has 0 saturated carbocycles. The van der Waals surface area contributed by atoms with Crippen molar-refractivity contribution in [3.8, 4) is 0 Å². The molecule has 1 aliphatic heterocycles. The van der Waals surface area contributed by atoms with Crippen LogP contribution in [-0.4, -0.2) is 28.0 Å². The van der Waals surface area contributed by atoms with Crippen molar-refractivity contribution in [3.05, 3.63) is 0 Å². The van der Waals surface area contributed by atoms with Gasteiger partial charge in [0.2, 0.25) is 0 Å². The van der Waals surface area contributed by atoms with E-state index in [1.165, 1.54) is 0 Å². The Kier molecular flexibility index (Phi) is 1.85. The van der Waals surface area contributed by atoms with Gasteiger partial charge in [0.05, 0.1) is 5.75 Å². The first-order valence-electron chi connectivity index (χ1n) is 2.73. The third-order valence-corrected chi connectivity index (χ3v) is 2.61. The summed E-state index contributed by atoms with van der Waals surface area (Å²) in [5.74, 6) is -4.26. The van der Waals surface area contributed by atoms with E-state index in [4.69, 9.17) is 5.11 Å². The van der Waals surface area contributed by atoms with Gasteiger partial charge in [0.15, 0.2) is 0 Å². The van der Waals surface area contributed by atoms with Gasteiger partial charge in [-0.25, -0.2) is 8.78 Å². The minimum atomic E-state index is -2.77. The molecule has 1 rings (SSSR count). The van der Waals surface area contributed by atoms with Gasteiger partial charge in [0.25, 0.3) is 5.92 Å². The second kappa shape index (κ2) is 2.38. The quantitative estimate of drug-likeness (QED) is 0.639. The van der Waals surface area contributed by atoms with Crippen molar-refractivity contribution in [1.82, 2.24) is 0 Å². The average molecular weight is 168 g/mol. The first-order valence-corrected chi connectivity index (χ1v) is 3.78. The van der Waals surface area contributed by atoms with Gasteiger partial charge >= 0.3 is 5.97 Å². The number of rotatable bonds is 1. The molecular formula is C5H6F2O2S. The number of hydrogen-bond acceptors (Lipinski definition) is 2. The lowest BCUT2D eigenvalue weighted by molar-refractivity contribution is -0.137. The van der Waals surface area contributed by atoms with Crippen molar-refractivity contribution in [2.75, 3.05) is 5.75 Å². The summed E-state index contributed by atoms with van der Waals surface area (Å²) in [6.07, 6.45) is -0.521. The first kappa shape index (κ1) is 7.78. The fraction of sp³-hybridized carbons (Fsp3) is 0.800. The Morgan fingerprint density at radius 3 is 2.50 bits per heavy atom. The Morgan fingerprint density at radius 2 is 2.30 bits per heavy atom. The molecule has 1 atom stereocenters. The monoisotopic (exact) mass is 168 g/mol. The Morgan fingerprint density at radius 1 is 1.70 bits per heavy atom. The van der Waals surface area contributed by atoms with E-state index in [-0.39, 0.29) is 5.75 Å². The van der Waals surface area contributed by atoms with Crippen LogP contribution in [0.2, 0.25) is 0 Å². The van der Waals surface area contributed by atoms with Gasteiger partial charge in [-0.2, -0.15) is 0 Å². The zero-order chi connectivity index (χ0) is 7.78. The second-order valence-corrected chi connectivity index (χ2v) is 3.39. The lowest BCUT2D eigenvalue weighted by Crippen LogP contribution is -2.19. The van der Waals surface area contributed by atoms with E-state index in [1.807, 2.05) is 0 Å². The summed E-state index contributed by atoms with van der Waals surface area (Å²) < 4.78 is 24.5. The highest BCUT2D eigenvalue weighted by atomic mass is 32.2. The molecule has 0 radical (unpaired) electrons. The number of carboxylic acids is 1. The molecular weight excluding hydrogens is 162 g/mol. The van der Waals surface area contributed by atoms with Crippen molar-refractivity contribution in [2.45, 2.75) is 17.6 Å². The van der Waals surface area contributed by atoms with Gasteiger partial charge in [-0.05, 0) is 0 Å². The van der Waals surface area contributed by atoms with Crippen molar-refractivity contribution >= 4 is 17.7 Å². The third kappa shape index (κ3) is 1.59. The minimum Gasteiger partial charge on any atom is -0.480 e. The highest BCUT2D eigenvalue weighted by Crippen LogP contribution is 2.38. The van der Waals surface area contributed by atoms with Crippen LogP contribution in [0.25, 0.3) is 0 Å². The van der Waals surface area contributed by atoms with E-state index in [2.05, 4.69) is 0 Å². The predicted octanol–water partition coefficient (Wildman–Crippen LogP) is 1.21. The molecule has 1 saturated heterocycles. The summed E-state index contributed by atoms with van der Waals surface area (Å²) >= 11 is 0.808. The van der Waals surface area contributed by atoms with Crippen LogP contribution in [0.5, 0.6) is 0 Å². The largest absolute Gasteiger partial charge is 0.480 e. The van der Waals surface area contributed by atoms with Gasteiger partial charge in [-0.15, -0.1) is 11.8 Å². The molecule has 1 unspecified atom stereocenters. The van der Waals surface area contributed by atoms with Crippen LogP contribution in [0.15, 0.2) is 0 Å². The van der Waals surface area contributed by atoms with Crippen molar-refractivity contribution < 1.29 is 18.7 Å². The molecule has 1 fully saturated rings. The molecule has 1 N–H and O–H groups in total. The van der Waals surface area contributed by atoms with E-state index in [0.29, 0.717) is 0 Å². The van der Waals surface area contributed by atoms with E-state index < -0.39 is 23.6 Å². The van der Waals surface area contributed by atoms with Crippen LogP contribution in [0.4, 0.5) is 8.78 Å². The van der Waals surface area contributed by atoms with Crippen LogP contribution in [0, 0.1) is 0 Å². The number of aliphatic carboxylic acids is 1. The molecule has 0 bridgehead atoms. The number of carboxylic acid groups (broad SMARTS) is 1. The van der Waals surface area contributed by atoms with Gasteiger partial charge in [-0.3, -0.25) is 4.79 Å².